The topological polar surface area (TPSA) is 72.4 Å². The van der Waals surface area contributed by atoms with E-state index in [0.717, 1.165) is 21.3 Å². The lowest BCUT2D eigenvalue weighted by Gasteiger charge is -2.25. The summed E-state index contributed by atoms with van der Waals surface area (Å²) in [5, 5.41) is 4.42. The number of hydrogen-bond donors (Lipinski definition) is 0. The van der Waals surface area contributed by atoms with E-state index in [1.807, 2.05) is 29.6 Å². The lowest BCUT2D eigenvalue weighted by atomic mass is 10.2. The SMILES string of the molecule is O=S(=O)(c1ccc(SCc2csc(-c3ccc(Cl)cc3)n2)nc1)N1CCOCC1. The van der Waals surface area contributed by atoms with Gasteiger partial charge in [-0.3, -0.25) is 0 Å². The van der Waals surface area contributed by atoms with Crippen LogP contribution in [0.1, 0.15) is 5.69 Å². The summed E-state index contributed by atoms with van der Waals surface area (Å²) >= 11 is 9.04. The van der Waals surface area contributed by atoms with Gasteiger partial charge in [-0.2, -0.15) is 4.31 Å². The van der Waals surface area contributed by atoms with Crippen LogP contribution >= 0.6 is 34.7 Å². The molecule has 10 heteroatoms. The molecular weight excluding hydrogens is 450 g/mol. The molecule has 0 atom stereocenters. The molecule has 1 saturated heterocycles. The third-order valence-corrected chi connectivity index (χ3v) is 8.38. The van der Waals surface area contributed by atoms with E-state index in [-0.39, 0.29) is 4.90 Å². The van der Waals surface area contributed by atoms with E-state index >= 15 is 0 Å². The molecule has 0 unspecified atom stereocenters. The fourth-order valence-corrected chi connectivity index (χ4v) is 5.93. The van der Waals surface area contributed by atoms with Gasteiger partial charge in [0.25, 0.3) is 0 Å². The number of thiazole rings is 1. The number of sulfonamides is 1. The van der Waals surface area contributed by atoms with Crippen LogP contribution in [-0.4, -0.2) is 49.0 Å². The summed E-state index contributed by atoms with van der Waals surface area (Å²) in [5.74, 6) is 0.659. The highest BCUT2D eigenvalue weighted by atomic mass is 35.5. The van der Waals surface area contributed by atoms with Gasteiger partial charge in [0, 0.05) is 41.0 Å². The monoisotopic (exact) mass is 467 g/mol. The van der Waals surface area contributed by atoms with Gasteiger partial charge in [-0.15, -0.1) is 23.1 Å². The standard InChI is InChI=1S/C19H18ClN3O3S3/c20-15-3-1-14(2-4-15)19-22-16(13-28-19)12-27-18-6-5-17(11-21-18)29(24,25)23-7-9-26-10-8-23/h1-6,11,13H,7-10,12H2. The molecule has 152 valence electrons. The van der Waals surface area contributed by atoms with Crippen LogP contribution in [0.3, 0.4) is 0 Å². The molecule has 0 aliphatic carbocycles. The van der Waals surface area contributed by atoms with Gasteiger partial charge < -0.3 is 4.74 Å². The third-order valence-electron chi connectivity index (χ3n) is 4.33. The molecule has 3 aromatic rings. The highest BCUT2D eigenvalue weighted by molar-refractivity contribution is 7.98. The Morgan fingerprint density at radius 1 is 1.14 bits per heavy atom. The maximum Gasteiger partial charge on any atom is 0.244 e. The van der Waals surface area contributed by atoms with Crippen molar-refractivity contribution in [2.45, 2.75) is 15.7 Å². The molecule has 0 amide bonds. The van der Waals surface area contributed by atoms with Crippen molar-refractivity contribution in [2.24, 2.45) is 0 Å². The minimum atomic E-state index is -3.51. The van der Waals surface area contributed by atoms with Crippen molar-refractivity contribution in [3.05, 3.63) is 58.7 Å². The summed E-state index contributed by atoms with van der Waals surface area (Å²) in [5.41, 5.74) is 1.99. The summed E-state index contributed by atoms with van der Waals surface area (Å²) in [6.07, 6.45) is 1.42. The van der Waals surface area contributed by atoms with Gasteiger partial charge in [0.2, 0.25) is 10.0 Å². The Labute approximate surface area is 183 Å². The Morgan fingerprint density at radius 2 is 1.90 bits per heavy atom. The van der Waals surface area contributed by atoms with Crippen molar-refractivity contribution in [1.29, 1.82) is 0 Å². The van der Waals surface area contributed by atoms with Crippen molar-refractivity contribution in [1.82, 2.24) is 14.3 Å². The number of rotatable bonds is 6. The molecule has 0 saturated carbocycles. The molecule has 1 aromatic carbocycles. The van der Waals surface area contributed by atoms with E-state index in [4.69, 9.17) is 16.3 Å². The average molecular weight is 468 g/mol. The van der Waals surface area contributed by atoms with Crippen LogP contribution in [-0.2, 0) is 20.5 Å². The van der Waals surface area contributed by atoms with E-state index in [0.29, 0.717) is 37.1 Å². The summed E-state index contributed by atoms with van der Waals surface area (Å²) in [7, 11) is -3.51. The van der Waals surface area contributed by atoms with Crippen molar-refractivity contribution >= 4 is 44.7 Å². The predicted octanol–water partition coefficient (Wildman–Crippen LogP) is 4.17. The van der Waals surface area contributed by atoms with Crippen LogP contribution in [0.2, 0.25) is 5.02 Å². The number of nitrogens with zero attached hydrogens (tertiary/aromatic N) is 3. The predicted molar refractivity (Wildman–Crippen MR) is 116 cm³/mol. The van der Waals surface area contributed by atoms with Crippen LogP contribution in [0.5, 0.6) is 0 Å². The molecule has 1 aliphatic heterocycles. The van der Waals surface area contributed by atoms with Gasteiger partial charge >= 0.3 is 0 Å². The zero-order valence-corrected chi connectivity index (χ0v) is 18.5. The Kier molecular flexibility index (Phi) is 6.53. The van der Waals surface area contributed by atoms with Crippen LogP contribution in [0.15, 0.2) is 57.9 Å². The average Bonchev–Trinajstić information content (AvgIpc) is 3.23. The smallest absolute Gasteiger partial charge is 0.244 e. The van der Waals surface area contributed by atoms with Crippen molar-refractivity contribution in [2.75, 3.05) is 26.3 Å². The summed E-state index contributed by atoms with van der Waals surface area (Å²) < 4.78 is 31.9. The molecule has 1 fully saturated rings. The lowest BCUT2D eigenvalue weighted by molar-refractivity contribution is 0.0730. The van der Waals surface area contributed by atoms with Gasteiger partial charge in [0.1, 0.15) is 9.90 Å². The molecule has 4 rings (SSSR count). The Morgan fingerprint density at radius 3 is 2.59 bits per heavy atom. The number of hydrogen-bond acceptors (Lipinski definition) is 7. The highest BCUT2D eigenvalue weighted by Crippen LogP contribution is 2.28. The van der Waals surface area contributed by atoms with Gasteiger partial charge in [0.05, 0.1) is 23.9 Å². The summed E-state index contributed by atoms with van der Waals surface area (Å²) in [6.45, 7) is 1.59. The molecule has 3 heterocycles. The molecule has 0 bridgehead atoms. The van der Waals surface area contributed by atoms with E-state index in [1.165, 1.54) is 22.3 Å². The second-order valence-corrected chi connectivity index (χ2v) is 10.5. The normalized spacial score (nSPS) is 15.5. The maximum absolute atomic E-state index is 12.6. The van der Waals surface area contributed by atoms with Crippen LogP contribution < -0.4 is 0 Å². The molecule has 1 aliphatic rings. The second kappa shape index (κ2) is 9.11. The first-order valence-corrected chi connectivity index (χ1v) is 12.6. The minimum absolute atomic E-state index is 0.211. The fraction of sp³-hybridized carbons (Fsp3) is 0.263. The zero-order chi connectivity index (χ0) is 20.3. The number of benzene rings is 1. The van der Waals surface area contributed by atoms with Crippen LogP contribution in [0.25, 0.3) is 10.6 Å². The molecule has 0 radical (unpaired) electrons. The zero-order valence-electron chi connectivity index (χ0n) is 15.3. The number of halogens is 1. The van der Waals surface area contributed by atoms with Gasteiger partial charge in [-0.1, -0.05) is 23.7 Å². The number of ether oxygens (including phenoxy) is 1. The number of pyridine rings is 1. The molecular formula is C19H18ClN3O3S3. The Balaban J connectivity index is 1.39. The summed E-state index contributed by atoms with van der Waals surface area (Å²) in [6, 6.07) is 11.0. The molecule has 29 heavy (non-hydrogen) atoms. The van der Waals surface area contributed by atoms with Crippen molar-refractivity contribution < 1.29 is 13.2 Å². The first kappa shape index (κ1) is 20.8. The minimum Gasteiger partial charge on any atom is -0.379 e. The third kappa shape index (κ3) is 4.99. The number of aromatic nitrogens is 2. The molecule has 0 spiro atoms. The molecule has 6 nitrogen and oxygen atoms in total. The van der Waals surface area contributed by atoms with Crippen molar-refractivity contribution in [3.8, 4) is 10.6 Å². The fourth-order valence-electron chi connectivity index (χ4n) is 2.79. The van der Waals surface area contributed by atoms with Crippen LogP contribution in [0, 0.1) is 0 Å². The first-order valence-electron chi connectivity index (χ1n) is 8.89. The number of thioether (sulfide) groups is 1. The van der Waals surface area contributed by atoms with E-state index in [9.17, 15) is 8.42 Å². The number of morpholine rings is 1. The molecule has 2 aromatic heterocycles. The van der Waals surface area contributed by atoms with Crippen LogP contribution in [0.4, 0.5) is 0 Å². The molecule has 0 N–H and O–H groups in total. The largest absolute Gasteiger partial charge is 0.379 e. The van der Waals surface area contributed by atoms with E-state index < -0.39 is 10.0 Å². The Bertz CT molecular complexity index is 1060. The lowest BCUT2D eigenvalue weighted by Crippen LogP contribution is -2.40. The van der Waals surface area contributed by atoms with Gasteiger partial charge in [0.15, 0.2) is 0 Å². The summed E-state index contributed by atoms with van der Waals surface area (Å²) in [4.78, 5) is 9.18. The second-order valence-electron chi connectivity index (χ2n) is 6.29. The maximum atomic E-state index is 12.6. The van der Waals surface area contributed by atoms with Gasteiger partial charge in [-0.05, 0) is 24.3 Å². The Hall–Kier alpha value is -1.49. The van der Waals surface area contributed by atoms with Gasteiger partial charge in [-0.25, -0.2) is 18.4 Å². The van der Waals surface area contributed by atoms with Crippen molar-refractivity contribution in [3.63, 3.8) is 0 Å². The highest BCUT2D eigenvalue weighted by Gasteiger charge is 2.26. The quantitative estimate of drug-likeness (QED) is 0.506. The van der Waals surface area contributed by atoms with E-state index in [2.05, 4.69) is 9.97 Å². The first-order chi connectivity index (χ1) is 14.0. The van der Waals surface area contributed by atoms with E-state index in [1.54, 1.807) is 23.5 Å².